The molecule has 0 unspecified atom stereocenters. The van der Waals surface area contributed by atoms with E-state index < -0.39 is 10.0 Å². The highest BCUT2D eigenvalue weighted by molar-refractivity contribution is 7.89. The number of nitrogens with zero attached hydrogens (tertiary/aromatic N) is 1. The van der Waals surface area contributed by atoms with Crippen LogP contribution in [0.1, 0.15) is 32.1 Å². The molecule has 0 radical (unpaired) electrons. The van der Waals surface area contributed by atoms with E-state index in [1.165, 1.54) is 6.42 Å². The van der Waals surface area contributed by atoms with E-state index in [0.717, 1.165) is 48.3 Å². The lowest BCUT2D eigenvalue weighted by molar-refractivity contribution is -0.00705. The van der Waals surface area contributed by atoms with Crippen molar-refractivity contribution >= 4 is 32.4 Å². The normalized spacial score (nSPS) is 32.5. The van der Waals surface area contributed by atoms with Crippen molar-refractivity contribution in [3.63, 3.8) is 0 Å². The molecule has 0 spiro atoms. The van der Waals surface area contributed by atoms with Gasteiger partial charge < -0.3 is 0 Å². The number of fused-ring (bicyclic) bond motifs is 1. The standard InChI is InChI=1S/C19H20ClNO2S/c20-19-3-1-2-14-11-17(4-5-18(14)19)24(22,23)21-15-7-12-6-13(9-15)10-16(21)8-12/h1-5,11-13,15-16H,6-10H2. The molecule has 3 nitrogen and oxygen atoms in total. The molecule has 2 saturated heterocycles. The summed E-state index contributed by atoms with van der Waals surface area (Å²) in [5.74, 6) is 1.49. The highest BCUT2D eigenvalue weighted by Crippen LogP contribution is 2.50. The van der Waals surface area contributed by atoms with Crippen molar-refractivity contribution in [2.45, 2.75) is 49.1 Å². The Morgan fingerprint density at radius 2 is 1.58 bits per heavy atom. The monoisotopic (exact) mass is 361 g/mol. The highest BCUT2D eigenvalue weighted by Gasteiger charge is 2.51. The van der Waals surface area contributed by atoms with Crippen LogP contribution in [0, 0.1) is 11.8 Å². The molecule has 5 heteroatoms. The summed E-state index contributed by atoms with van der Waals surface area (Å²) >= 11 is 6.21. The van der Waals surface area contributed by atoms with Gasteiger partial charge in [-0.1, -0.05) is 29.8 Å². The molecular formula is C19H20ClNO2S. The molecule has 2 saturated carbocycles. The molecular weight excluding hydrogens is 342 g/mol. The van der Waals surface area contributed by atoms with Gasteiger partial charge in [0.15, 0.2) is 0 Å². The summed E-state index contributed by atoms with van der Waals surface area (Å²) in [5.41, 5.74) is 0. The van der Waals surface area contributed by atoms with E-state index in [4.69, 9.17) is 11.6 Å². The Morgan fingerprint density at radius 3 is 2.25 bits per heavy atom. The largest absolute Gasteiger partial charge is 0.243 e. The zero-order valence-corrected chi connectivity index (χ0v) is 14.9. The fraction of sp³-hybridized carbons (Fsp3) is 0.474. The van der Waals surface area contributed by atoms with E-state index in [-0.39, 0.29) is 12.1 Å². The average molecular weight is 362 g/mol. The Kier molecular flexibility index (Phi) is 3.29. The molecule has 0 N–H and O–H groups in total. The van der Waals surface area contributed by atoms with E-state index >= 15 is 0 Å². The van der Waals surface area contributed by atoms with Crippen LogP contribution in [-0.4, -0.2) is 24.8 Å². The quantitative estimate of drug-likeness (QED) is 0.792. The average Bonchev–Trinajstić information content (AvgIpc) is 2.53. The second kappa shape index (κ2) is 5.20. The molecule has 2 aliphatic heterocycles. The number of hydrogen-bond donors (Lipinski definition) is 0. The van der Waals surface area contributed by atoms with E-state index in [2.05, 4.69) is 0 Å². The van der Waals surface area contributed by atoms with Gasteiger partial charge in [0.25, 0.3) is 0 Å². The molecule has 0 amide bonds. The first kappa shape index (κ1) is 15.2. The van der Waals surface area contributed by atoms with Crippen molar-refractivity contribution < 1.29 is 8.42 Å². The van der Waals surface area contributed by atoms with E-state index in [0.29, 0.717) is 9.92 Å². The lowest BCUT2D eigenvalue weighted by Crippen LogP contribution is -2.59. The van der Waals surface area contributed by atoms with E-state index in [1.54, 1.807) is 12.1 Å². The topological polar surface area (TPSA) is 37.4 Å². The van der Waals surface area contributed by atoms with Gasteiger partial charge in [0, 0.05) is 22.5 Å². The molecule has 126 valence electrons. The third-order valence-corrected chi connectivity index (χ3v) is 8.51. The predicted molar refractivity (Wildman–Crippen MR) is 95.6 cm³/mol. The van der Waals surface area contributed by atoms with Crippen molar-refractivity contribution in [2.75, 3.05) is 0 Å². The van der Waals surface area contributed by atoms with Crippen molar-refractivity contribution in [3.8, 4) is 0 Å². The highest BCUT2D eigenvalue weighted by atomic mass is 35.5. The molecule has 0 atom stereocenters. The molecule has 4 fully saturated rings. The third-order valence-electron chi connectivity index (χ3n) is 6.18. The number of sulfonamides is 1. The predicted octanol–water partition coefficient (Wildman–Crippen LogP) is 4.44. The van der Waals surface area contributed by atoms with Gasteiger partial charge in [0.1, 0.15) is 0 Å². The van der Waals surface area contributed by atoms with Crippen molar-refractivity contribution in [3.05, 3.63) is 41.4 Å². The zero-order chi connectivity index (χ0) is 16.5. The number of piperidine rings is 2. The minimum atomic E-state index is -3.44. The molecule has 4 aliphatic rings. The fourth-order valence-corrected chi connectivity index (χ4v) is 7.52. The maximum atomic E-state index is 13.3. The van der Waals surface area contributed by atoms with Gasteiger partial charge >= 0.3 is 0 Å². The molecule has 2 aromatic rings. The van der Waals surface area contributed by atoms with Crippen LogP contribution in [0.5, 0.6) is 0 Å². The molecule has 24 heavy (non-hydrogen) atoms. The summed E-state index contributed by atoms with van der Waals surface area (Å²) in [5, 5.41) is 2.44. The van der Waals surface area contributed by atoms with Gasteiger partial charge in [-0.15, -0.1) is 0 Å². The number of benzene rings is 2. The number of hydrogen-bond acceptors (Lipinski definition) is 2. The Balaban J connectivity index is 1.58. The Morgan fingerprint density at radius 1 is 0.917 bits per heavy atom. The van der Waals surface area contributed by atoms with Crippen LogP contribution in [0.4, 0.5) is 0 Å². The molecule has 0 aromatic heterocycles. The van der Waals surface area contributed by atoms with Crippen LogP contribution in [0.2, 0.25) is 5.02 Å². The summed E-state index contributed by atoms with van der Waals surface area (Å²) in [6.45, 7) is 0. The summed E-state index contributed by atoms with van der Waals surface area (Å²) in [6, 6.07) is 11.4. The second-order valence-corrected chi connectivity index (χ2v) is 9.93. The maximum Gasteiger partial charge on any atom is 0.243 e. The number of rotatable bonds is 2. The first-order chi connectivity index (χ1) is 11.5. The summed E-state index contributed by atoms with van der Waals surface area (Å²) in [4.78, 5) is 0.407. The van der Waals surface area contributed by atoms with Gasteiger partial charge in [-0.05, 0) is 67.5 Å². The smallest absolute Gasteiger partial charge is 0.207 e. The van der Waals surface area contributed by atoms with Crippen LogP contribution in [0.15, 0.2) is 41.3 Å². The lowest BCUT2D eigenvalue weighted by Gasteiger charge is -2.55. The molecule has 2 aliphatic carbocycles. The Hall–Kier alpha value is -1.10. The first-order valence-electron chi connectivity index (χ1n) is 8.74. The van der Waals surface area contributed by atoms with Crippen LogP contribution in [-0.2, 0) is 10.0 Å². The van der Waals surface area contributed by atoms with Gasteiger partial charge in [0.05, 0.1) is 4.90 Å². The third kappa shape index (κ3) is 2.16. The van der Waals surface area contributed by atoms with Gasteiger partial charge in [0.2, 0.25) is 10.0 Å². The van der Waals surface area contributed by atoms with Gasteiger partial charge in [-0.3, -0.25) is 0 Å². The maximum absolute atomic E-state index is 13.3. The van der Waals surface area contributed by atoms with Gasteiger partial charge in [-0.25, -0.2) is 8.42 Å². The second-order valence-electron chi connectivity index (χ2n) is 7.68. The summed E-state index contributed by atoms with van der Waals surface area (Å²) in [7, 11) is -3.44. The molecule has 4 bridgehead atoms. The SMILES string of the molecule is O=S(=O)(c1ccc2c(Cl)cccc2c1)N1C2CC3CC(C2)CC1C3. The Bertz CT molecular complexity index is 896. The van der Waals surface area contributed by atoms with Crippen molar-refractivity contribution in [1.29, 1.82) is 0 Å². The van der Waals surface area contributed by atoms with Crippen molar-refractivity contribution in [1.82, 2.24) is 4.31 Å². The van der Waals surface area contributed by atoms with Crippen molar-refractivity contribution in [2.24, 2.45) is 11.8 Å². The fourth-order valence-electron chi connectivity index (χ4n) is 5.39. The summed E-state index contributed by atoms with van der Waals surface area (Å²) in [6.07, 6.45) is 5.50. The van der Waals surface area contributed by atoms with Gasteiger partial charge in [-0.2, -0.15) is 4.31 Å². The van der Waals surface area contributed by atoms with E-state index in [1.807, 2.05) is 28.6 Å². The first-order valence-corrected chi connectivity index (χ1v) is 10.6. The zero-order valence-electron chi connectivity index (χ0n) is 13.4. The van der Waals surface area contributed by atoms with Crippen LogP contribution < -0.4 is 0 Å². The summed E-state index contributed by atoms with van der Waals surface area (Å²) < 4.78 is 28.5. The minimum Gasteiger partial charge on any atom is -0.207 e. The van der Waals surface area contributed by atoms with Crippen LogP contribution in [0.3, 0.4) is 0 Å². The van der Waals surface area contributed by atoms with E-state index in [9.17, 15) is 8.42 Å². The lowest BCUT2D eigenvalue weighted by atomic mass is 9.65. The Labute approximate surface area is 147 Å². The molecule has 6 rings (SSSR count). The minimum absolute atomic E-state index is 0.210. The van der Waals surface area contributed by atoms with Crippen LogP contribution in [0.25, 0.3) is 10.8 Å². The van der Waals surface area contributed by atoms with Crippen LogP contribution >= 0.6 is 11.6 Å². The molecule has 2 heterocycles. The number of halogens is 1. The molecule has 2 aromatic carbocycles.